The summed E-state index contributed by atoms with van der Waals surface area (Å²) in [5.74, 6) is 0. The summed E-state index contributed by atoms with van der Waals surface area (Å²) in [6, 6.07) is 0.603. The van der Waals surface area contributed by atoms with Crippen LogP contribution in [-0.2, 0) is 0 Å². The topological polar surface area (TPSA) is 3.24 Å². The first-order valence-electron chi connectivity index (χ1n) is 3.38. The van der Waals surface area contributed by atoms with Crippen molar-refractivity contribution < 1.29 is 0 Å². The Balaban J connectivity index is 3.38. The molecule has 0 fully saturated rings. The lowest BCUT2D eigenvalue weighted by Gasteiger charge is -2.21. The van der Waals surface area contributed by atoms with Crippen LogP contribution in [-0.4, -0.2) is 29.9 Å². The Labute approximate surface area is 63.0 Å². The minimum atomic E-state index is 0.261. The zero-order valence-electron chi connectivity index (χ0n) is 6.69. The predicted octanol–water partition coefficient (Wildman–Crippen LogP) is 1.95. The zero-order chi connectivity index (χ0) is 7.44. The van der Waals surface area contributed by atoms with Crippen molar-refractivity contribution in [3.63, 3.8) is 0 Å². The van der Waals surface area contributed by atoms with Crippen LogP contribution in [0.4, 0.5) is 0 Å². The Morgan fingerprint density at radius 2 is 1.78 bits per heavy atom. The summed E-state index contributed by atoms with van der Waals surface area (Å²) in [5, 5.41) is 0.261. The van der Waals surface area contributed by atoms with Crippen molar-refractivity contribution in [1.29, 1.82) is 0 Å². The molecule has 0 amide bonds. The Morgan fingerprint density at radius 3 is 1.89 bits per heavy atom. The van der Waals surface area contributed by atoms with Gasteiger partial charge in [0.05, 0.1) is 0 Å². The number of halogens is 1. The fourth-order valence-corrected chi connectivity index (χ4v) is 0.825. The van der Waals surface area contributed by atoms with E-state index < -0.39 is 0 Å². The third kappa shape index (κ3) is 4.73. The second-order valence-electron chi connectivity index (χ2n) is 2.81. The van der Waals surface area contributed by atoms with Gasteiger partial charge in [-0.15, -0.1) is 11.6 Å². The number of nitrogens with zero attached hydrogens (tertiary/aromatic N) is 1. The molecule has 1 atom stereocenters. The van der Waals surface area contributed by atoms with Crippen LogP contribution in [0.2, 0.25) is 0 Å². The van der Waals surface area contributed by atoms with Gasteiger partial charge < -0.3 is 4.90 Å². The Bertz CT molecular complexity index is 71.3. The van der Waals surface area contributed by atoms with Crippen molar-refractivity contribution in [3.8, 4) is 0 Å². The molecule has 0 radical (unpaired) electrons. The number of hydrogen-bond donors (Lipinski definition) is 0. The first kappa shape index (κ1) is 9.25. The maximum absolute atomic E-state index is 5.78. The molecule has 0 N–H and O–H groups in total. The van der Waals surface area contributed by atoms with Crippen molar-refractivity contribution in [2.45, 2.75) is 32.2 Å². The fraction of sp³-hybridized carbons (Fsp3) is 1.00. The molecule has 0 aliphatic rings. The maximum atomic E-state index is 5.78. The lowest BCUT2D eigenvalue weighted by atomic mass is 10.3. The molecule has 0 heterocycles. The van der Waals surface area contributed by atoms with E-state index in [1.807, 2.05) is 6.92 Å². The highest BCUT2D eigenvalue weighted by Gasteiger charge is 2.04. The molecular weight excluding hydrogens is 134 g/mol. The second-order valence-corrected chi connectivity index (χ2v) is 3.56. The van der Waals surface area contributed by atoms with Gasteiger partial charge in [0, 0.05) is 18.0 Å². The molecular formula is C7H16ClN. The Hall–Kier alpha value is 0.250. The third-order valence-electron chi connectivity index (χ3n) is 1.42. The van der Waals surface area contributed by atoms with Crippen LogP contribution in [0, 0.1) is 0 Å². The maximum Gasteiger partial charge on any atom is 0.0435 e. The van der Waals surface area contributed by atoms with Crippen LogP contribution in [0.5, 0.6) is 0 Å². The molecule has 9 heavy (non-hydrogen) atoms. The summed E-state index contributed by atoms with van der Waals surface area (Å²) >= 11 is 5.78. The van der Waals surface area contributed by atoms with Gasteiger partial charge >= 0.3 is 0 Å². The van der Waals surface area contributed by atoms with E-state index in [0.717, 1.165) is 6.54 Å². The Kier molecular flexibility index (Phi) is 4.24. The first-order chi connectivity index (χ1) is 4.04. The summed E-state index contributed by atoms with van der Waals surface area (Å²) in [4.78, 5) is 2.23. The van der Waals surface area contributed by atoms with Crippen molar-refractivity contribution in [2.75, 3.05) is 13.6 Å². The first-order valence-corrected chi connectivity index (χ1v) is 3.82. The van der Waals surface area contributed by atoms with E-state index in [4.69, 9.17) is 11.6 Å². The van der Waals surface area contributed by atoms with Crippen LogP contribution in [0.3, 0.4) is 0 Å². The highest BCUT2D eigenvalue weighted by molar-refractivity contribution is 6.20. The molecule has 0 rings (SSSR count). The van der Waals surface area contributed by atoms with E-state index in [1.54, 1.807) is 0 Å². The molecule has 1 nitrogen and oxygen atoms in total. The molecule has 2 heteroatoms. The van der Waals surface area contributed by atoms with Gasteiger partial charge in [0.15, 0.2) is 0 Å². The van der Waals surface area contributed by atoms with Crippen LogP contribution in [0.25, 0.3) is 0 Å². The van der Waals surface area contributed by atoms with E-state index in [1.165, 1.54) is 0 Å². The summed E-state index contributed by atoms with van der Waals surface area (Å²) in [6.45, 7) is 7.32. The number of alkyl halides is 1. The van der Waals surface area contributed by atoms with Crippen LogP contribution in [0.15, 0.2) is 0 Å². The van der Waals surface area contributed by atoms with Gasteiger partial charge in [-0.05, 0) is 27.8 Å². The van der Waals surface area contributed by atoms with Crippen molar-refractivity contribution >= 4 is 11.6 Å². The van der Waals surface area contributed by atoms with E-state index in [9.17, 15) is 0 Å². The van der Waals surface area contributed by atoms with E-state index in [-0.39, 0.29) is 5.38 Å². The van der Waals surface area contributed by atoms with E-state index in [0.29, 0.717) is 6.04 Å². The molecule has 0 aliphatic heterocycles. The predicted molar refractivity (Wildman–Crippen MR) is 43.1 cm³/mol. The molecule has 0 spiro atoms. The van der Waals surface area contributed by atoms with Crippen LogP contribution in [0.1, 0.15) is 20.8 Å². The van der Waals surface area contributed by atoms with Gasteiger partial charge in [-0.1, -0.05) is 0 Å². The minimum Gasteiger partial charge on any atom is -0.303 e. The fourth-order valence-electron chi connectivity index (χ4n) is 0.608. The van der Waals surface area contributed by atoms with E-state index >= 15 is 0 Å². The largest absolute Gasteiger partial charge is 0.303 e. The molecule has 0 aliphatic carbocycles. The van der Waals surface area contributed by atoms with Gasteiger partial charge in [0.25, 0.3) is 0 Å². The molecule has 0 aromatic heterocycles. The molecule has 0 bridgehead atoms. The number of hydrogen-bond acceptors (Lipinski definition) is 1. The highest BCUT2D eigenvalue weighted by atomic mass is 35.5. The van der Waals surface area contributed by atoms with E-state index in [2.05, 4.69) is 25.8 Å². The van der Waals surface area contributed by atoms with Gasteiger partial charge in [-0.2, -0.15) is 0 Å². The second kappa shape index (κ2) is 4.13. The highest BCUT2D eigenvalue weighted by Crippen LogP contribution is 1.99. The summed E-state index contributed by atoms with van der Waals surface area (Å²) in [7, 11) is 2.09. The Morgan fingerprint density at radius 1 is 1.33 bits per heavy atom. The minimum absolute atomic E-state index is 0.261. The van der Waals surface area contributed by atoms with Crippen LogP contribution >= 0.6 is 11.6 Å². The smallest absolute Gasteiger partial charge is 0.0435 e. The van der Waals surface area contributed by atoms with Gasteiger partial charge in [0.1, 0.15) is 0 Å². The van der Waals surface area contributed by atoms with Crippen molar-refractivity contribution in [3.05, 3.63) is 0 Å². The third-order valence-corrected chi connectivity index (χ3v) is 1.56. The van der Waals surface area contributed by atoms with Crippen molar-refractivity contribution in [2.24, 2.45) is 0 Å². The molecule has 0 aromatic carbocycles. The monoisotopic (exact) mass is 149 g/mol. The molecule has 0 saturated heterocycles. The summed E-state index contributed by atoms with van der Waals surface area (Å²) < 4.78 is 0. The van der Waals surface area contributed by atoms with Gasteiger partial charge in [-0.3, -0.25) is 0 Å². The zero-order valence-corrected chi connectivity index (χ0v) is 7.44. The van der Waals surface area contributed by atoms with Crippen LogP contribution < -0.4 is 0 Å². The van der Waals surface area contributed by atoms with Crippen molar-refractivity contribution in [1.82, 2.24) is 4.90 Å². The quantitative estimate of drug-likeness (QED) is 0.555. The SMILES string of the molecule is CC(Cl)CN(C)C(C)C. The molecule has 56 valence electrons. The lowest BCUT2D eigenvalue weighted by Crippen LogP contribution is -2.30. The van der Waals surface area contributed by atoms with Gasteiger partial charge in [-0.25, -0.2) is 0 Å². The average molecular weight is 150 g/mol. The number of rotatable bonds is 3. The molecule has 0 aromatic rings. The van der Waals surface area contributed by atoms with Gasteiger partial charge in [0.2, 0.25) is 0 Å². The standard InChI is InChI=1S/C7H16ClN/c1-6(2)9(4)5-7(3)8/h6-7H,5H2,1-4H3. The summed E-state index contributed by atoms with van der Waals surface area (Å²) in [5.41, 5.74) is 0. The molecule has 0 saturated carbocycles. The summed E-state index contributed by atoms with van der Waals surface area (Å²) in [6.07, 6.45) is 0. The average Bonchev–Trinajstić information content (AvgIpc) is 1.63. The normalized spacial score (nSPS) is 15.0. The lowest BCUT2D eigenvalue weighted by molar-refractivity contribution is 0.276. The molecule has 1 unspecified atom stereocenters.